The molecular formula is C17H26N2O3S. The standard InChI is InChI=1S/C17H26N2O3S/c1-3-14-4-6-15(7-5-14)8-11-19-16(20)17(23(2,21)22)9-12-18-13-10-17/h4-7,18H,3,8-13H2,1-2H3,(H,19,20). The second-order valence-corrected chi connectivity index (χ2v) is 8.52. The van der Waals surface area contributed by atoms with Gasteiger partial charge in [-0.25, -0.2) is 8.42 Å². The average Bonchev–Trinajstić information content (AvgIpc) is 2.55. The van der Waals surface area contributed by atoms with E-state index in [0.717, 1.165) is 12.0 Å². The van der Waals surface area contributed by atoms with E-state index in [1.807, 2.05) is 0 Å². The topological polar surface area (TPSA) is 75.3 Å². The lowest BCUT2D eigenvalue weighted by Crippen LogP contribution is -2.57. The van der Waals surface area contributed by atoms with E-state index in [2.05, 4.69) is 41.8 Å². The van der Waals surface area contributed by atoms with Crippen molar-refractivity contribution < 1.29 is 13.2 Å². The molecule has 0 aromatic heterocycles. The third kappa shape index (κ3) is 4.12. The van der Waals surface area contributed by atoms with Crippen molar-refractivity contribution in [2.24, 2.45) is 0 Å². The van der Waals surface area contributed by atoms with Gasteiger partial charge in [-0.05, 0) is 49.9 Å². The predicted molar refractivity (Wildman–Crippen MR) is 92.2 cm³/mol. The second kappa shape index (κ2) is 7.45. The number of hydrogen-bond donors (Lipinski definition) is 2. The normalized spacial score (nSPS) is 17.7. The summed E-state index contributed by atoms with van der Waals surface area (Å²) in [6, 6.07) is 8.29. The van der Waals surface area contributed by atoms with Gasteiger partial charge in [0.15, 0.2) is 14.6 Å². The van der Waals surface area contributed by atoms with E-state index in [0.29, 0.717) is 38.9 Å². The van der Waals surface area contributed by atoms with Crippen molar-refractivity contribution in [1.82, 2.24) is 10.6 Å². The van der Waals surface area contributed by atoms with Crippen LogP contribution in [0.15, 0.2) is 24.3 Å². The summed E-state index contributed by atoms with van der Waals surface area (Å²) in [4.78, 5) is 12.5. The van der Waals surface area contributed by atoms with Gasteiger partial charge in [-0.1, -0.05) is 31.2 Å². The quantitative estimate of drug-likeness (QED) is 0.814. The molecule has 23 heavy (non-hydrogen) atoms. The molecule has 1 heterocycles. The van der Waals surface area contributed by atoms with Crippen molar-refractivity contribution in [3.63, 3.8) is 0 Å². The number of hydrogen-bond acceptors (Lipinski definition) is 4. The van der Waals surface area contributed by atoms with Crippen LogP contribution in [0.25, 0.3) is 0 Å². The molecular weight excluding hydrogens is 312 g/mol. The first-order valence-corrected chi connectivity index (χ1v) is 10.0. The van der Waals surface area contributed by atoms with Gasteiger partial charge in [0.25, 0.3) is 0 Å². The van der Waals surface area contributed by atoms with Crippen molar-refractivity contribution >= 4 is 15.7 Å². The molecule has 0 aliphatic carbocycles. The highest BCUT2D eigenvalue weighted by atomic mass is 32.2. The van der Waals surface area contributed by atoms with Crippen LogP contribution in [0.4, 0.5) is 0 Å². The fourth-order valence-electron chi connectivity index (χ4n) is 3.02. The largest absolute Gasteiger partial charge is 0.354 e. The van der Waals surface area contributed by atoms with Crippen molar-refractivity contribution in [3.8, 4) is 0 Å². The van der Waals surface area contributed by atoms with E-state index in [-0.39, 0.29) is 5.91 Å². The molecule has 0 radical (unpaired) electrons. The summed E-state index contributed by atoms with van der Waals surface area (Å²) in [7, 11) is -3.44. The fraction of sp³-hybridized carbons (Fsp3) is 0.588. The summed E-state index contributed by atoms with van der Waals surface area (Å²) in [5.74, 6) is -0.355. The fourth-order valence-corrected chi connectivity index (χ4v) is 4.37. The Morgan fingerprint density at radius 1 is 1.17 bits per heavy atom. The van der Waals surface area contributed by atoms with Crippen molar-refractivity contribution in [2.75, 3.05) is 25.9 Å². The highest BCUT2D eigenvalue weighted by Gasteiger charge is 2.48. The summed E-state index contributed by atoms with van der Waals surface area (Å²) >= 11 is 0. The Morgan fingerprint density at radius 2 is 1.74 bits per heavy atom. The molecule has 1 amide bonds. The highest BCUT2D eigenvalue weighted by molar-refractivity contribution is 7.92. The molecule has 2 N–H and O–H groups in total. The second-order valence-electron chi connectivity index (χ2n) is 6.19. The maximum absolute atomic E-state index is 12.5. The molecule has 0 saturated carbocycles. The molecule has 1 aromatic carbocycles. The minimum Gasteiger partial charge on any atom is -0.354 e. The van der Waals surface area contributed by atoms with Crippen molar-refractivity contribution in [1.29, 1.82) is 0 Å². The Balaban J connectivity index is 1.96. The van der Waals surface area contributed by atoms with Crippen LogP contribution in [0.1, 0.15) is 30.9 Å². The number of benzene rings is 1. The first-order chi connectivity index (χ1) is 10.9. The molecule has 2 rings (SSSR count). The zero-order valence-electron chi connectivity index (χ0n) is 13.9. The van der Waals surface area contributed by atoms with E-state index in [9.17, 15) is 13.2 Å². The SMILES string of the molecule is CCc1ccc(CCNC(=O)C2(S(C)(=O)=O)CCNCC2)cc1. The van der Waals surface area contributed by atoms with Crippen LogP contribution in [-0.2, 0) is 27.5 Å². The van der Waals surface area contributed by atoms with Gasteiger partial charge < -0.3 is 10.6 Å². The monoisotopic (exact) mass is 338 g/mol. The van der Waals surface area contributed by atoms with Crippen LogP contribution in [0, 0.1) is 0 Å². The van der Waals surface area contributed by atoms with Crippen LogP contribution >= 0.6 is 0 Å². The van der Waals surface area contributed by atoms with Crippen LogP contribution in [-0.4, -0.2) is 45.0 Å². The number of carbonyl (C=O) groups is 1. The number of piperidine rings is 1. The van der Waals surface area contributed by atoms with Gasteiger partial charge in [0.05, 0.1) is 0 Å². The van der Waals surface area contributed by atoms with Crippen LogP contribution < -0.4 is 10.6 Å². The maximum Gasteiger partial charge on any atom is 0.241 e. The molecule has 6 heteroatoms. The molecule has 0 unspecified atom stereocenters. The van der Waals surface area contributed by atoms with Gasteiger partial charge in [0.1, 0.15) is 0 Å². The smallest absolute Gasteiger partial charge is 0.241 e. The Labute approximate surface area is 138 Å². The molecule has 0 spiro atoms. The first kappa shape index (κ1) is 17.9. The third-order valence-corrected chi connectivity index (χ3v) is 6.68. The molecule has 1 fully saturated rings. The minimum atomic E-state index is -3.44. The van der Waals surface area contributed by atoms with Crippen molar-refractivity contribution in [2.45, 2.75) is 37.4 Å². The summed E-state index contributed by atoms with van der Waals surface area (Å²) in [5, 5.41) is 5.95. The molecule has 0 bridgehead atoms. The summed E-state index contributed by atoms with van der Waals surface area (Å²) in [6.45, 7) is 3.67. The Bertz CT molecular complexity index is 632. The number of sulfone groups is 1. The van der Waals surface area contributed by atoms with Crippen LogP contribution in [0.5, 0.6) is 0 Å². The Hall–Kier alpha value is -1.40. The lowest BCUT2D eigenvalue weighted by atomic mass is 9.95. The number of nitrogens with one attached hydrogen (secondary N) is 2. The average molecular weight is 338 g/mol. The van der Waals surface area contributed by atoms with E-state index < -0.39 is 14.6 Å². The molecule has 1 aliphatic rings. The third-order valence-electron chi connectivity index (χ3n) is 4.67. The molecule has 5 nitrogen and oxygen atoms in total. The predicted octanol–water partition coefficient (Wildman–Crippen LogP) is 1.07. The lowest BCUT2D eigenvalue weighted by Gasteiger charge is -2.34. The zero-order chi connectivity index (χ0) is 16.9. The van der Waals surface area contributed by atoms with E-state index in [1.54, 1.807) is 0 Å². The Kier molecular flexibility index (Phi) is 5.81. The van der Waals surface area contributed by atoms with Gasteiger partial charge in [-0.15, -0.1) is 0 Å². The summed E-state index contributed by atoms with van der Waals surface area (Å²) < 4.78 is 23.1. The zero-order valence-corrected chi connectivity index (χ0v) is 14.7. The van der Waals surface area contributed by atoms with Gasteiger partial charge >= 0.3 is 0 Å². The molecule has 1 saturated heterocycles. The maximum atomic E-state index is 12.5. The number of aryl methyl sites for hydroxylation is 1. The van der Waals surface area contributed by atoms with Gasteiger partial charge in [-0.3, -0.25) is 4.79 Å². The molecule has 0 atom stereocenters. The van der Waals surface area contributed by atoms with Gasteiger partial charge in [0, 0.05) is 12.8 Å². The molecule has 128 valence electrons. The summed E-state index contributed by atoms with van der Waals surface area (Å²) in [5.41, 5.74) is 2.42. The van der Waals surface area contributed by atoms with E-state index >= 15 is 0 Å². The minimum absolute atomic E-state index is 0.336. The van der Waals surface area contributed by atoms with E-state index in [1.165, 1.54) is 11.8 Å². The molecule has 1 aliphatic heterocycles. The van der Waals surface area contributed by atoms with E-state index in [4.69, 9.17) is 0 Å². The molecule has 1 aromatic rings. The number of carbonyl (C=O) groups excluding carboxylic acids is 1. The number of amides is 1. The van der Waals surface area contributed by atoms with Gasteiger partial charge in [0.2, 0.25) is 5.91 Å². The van der Waals surface area contributed by atoms with Crippen LogP contribution in [0.3, 0.4) is 0 Å². The first-order valence-electron chi connectivity index (χ1n) is 8.15. The Morgan fingerprint density at radius 3 is 2.26 bits per heavy atom. The van der Waals surface area contributed by atoms with Gasteiger partial charge in [-0.2, -0.15) is 0 Å². The number of rotatable bonds is 6. The van der Waals surface area contributed by atoms with Crippen LogP contribution in [0.2, 0.25) is 0 Å². The van der Waals surface area contributed by atoms with Crippen molar-refractivity contribution in [3.05, 3.63) is 35.4 Å². The highest BCUT2D eigenvalue weighted by Crippen LogP contribution is 2.27. The summed E-state index contributed by atoms with van der Waals surface area (Å²) in [6.07, 6.45) is 3.54. The lowest BCUT2D eigenvalue weighted by molar-refractivity contribution is -0.124.